The standard InChI is InChI=1S/C19H23ClN2O2/c1-14-4-5-17(11-18(14)20)24-16-6-9-22(10-7-16)13-19(23)15-3-2-8-21-12-15/h2-5,8,11-12,16,19,23H,6-7,9-10,13H2,1H3. The topological polar surface area (TPSA) is 45.6 Å². The van der Waals surface area contributed by atoms with E-state index < -0.39 is 6.10 Å². The van der Waals surface area contributed by atoms with Crippen LogP contribution < -0.4 is 4.74 Å². The summed E-state index contributed by atoms with van der Waals surface area (Å²) in [7, 11) is 0. The van der Waals surface area contributed by atoms with Crippen LogP contribution in [0.1, 0.15) is 30.1 Å². The van der Waals surface area contributed by atoms with Crippen LogP contribution in [0, 0.1) is 6.92 Å². The van der Waals surface area contributed by atoms with E-state index in [4.69, 9.17) is 16.3 Å². The summed E-state index contributed by atoms with van der Waals surface area (Å²) in [4.78, 5) is 6.34. The molecule has 1 aromatic carbocycles. The van der Waals surface area contributed by atoms with Gasteiger partial charge in [-0.1, -0.05) is 23.7 Å². The lowest BCUT2D eigenvalue weighted by atomic mass is 10.1. The highest BCUT2D eigenvalue weighted by atomic mass is 35.5. The molecule has 0 aliphatic carbocycles. The Morgan fingerprint density at radius 3 is 2.79 bits per heavy atom. The number of pyridine rings is 1. The van der Waals surface area contributed by atoms with Gasteiger partial charge < -0.3 is 14.7 Å². The molecule has 1 saturated heterocycles. The Hall–Kier alpha value is -1.62. The molecular formula is C19H23ClN2O2. The van der Waals surface area contributed by atoms with Gasteiger partial charge in [0.1, 0.15) is 11.9 Å². The van der Waals surface area contributed by atoms with E-state index in [2.05, 4.69) is 9.88 Å². The molecule has 128 valence electrons. The molecule has 1 aromatic heterocycles. The van der Waals surface area contributed by atoms with E-state index in [0.717, 1.165) is 47.8 Å². The molecule has 0 spiro atoms. The minimum absolute atomic E-state index is 0.204. The minimum Gasteiger partial charge on any atom is -0.490 e. The molecule has 2 aromatic rings. The molecule has 0 amide bonds. The van der Waals surface area contributed by atoms with E-state index >= 15 is 0 Å². The Morgan fingerprint density at radius 1 is 1.33 bits per heavy atom. The number of halogens is 1. The monoisotopic (exact) mass is 346 g/mol. The number of piperidine rings is 1. The van der Waals surface area contributed by atoms with Gasteiger partial charge in [0.25, 0.3) is 0 Å². The maximum atomic E-state index is 10.3. The molecule has 0 radical (unpaired) electrons. The zero-order valence-electron chi connectivity index (χ0n) is 13.9. The summed E-state index contributed by atoms with van der Waals surface area (Å²) in [5.41, 5.74) is 1.92. The van der Waals surface area contributed by atoms with E-state index in [0.29, 0.717) is 6.54 Å². The molecule has 1 aliphatic heterocycles. The number of aryl methyl sites for hydroxylation is 1. The molecule has 1 aliphatic rings. The summed E-state index contributed by atoms with van der Waals surface area (Å²) in [5, 5.41) is 11.0. The number of nitrogens with zero attached hydrogens (tertiary/aromatic N) is 2. The molecule has 1 unspecified atom stereocenters. The van der Waals surface area contributed by atoms with Gasteiger partial charge in [0.05, 0.1) is 6.10 Å². The van der Waals surface area contributed by atoms with Gasteiger partial charge in [-0.15, -0.1) is 0 Å². The molecule has 0 bridgehead atoms. The highest BCUT2D eigenvalue weighted by Crippen LogP contribution is 2.25. The Balaban J connectivity index is 1.48. The summed E-state index contributed by atoms with van der Waals surface area (Å²) < 4.78 is 6.05. The Kier molecular flexibility index (Phi) is 5.72. The normalized spacial score (nSPS) is 17.6. The highest BCUT2D eigenvalue weighted by Gasteiger charge is 2.22. The number of benzene rings is 1. The number of likely N-dealkylation sites (tertiary alicyclic amines) is 1. The second kappa shape index (κ2) is 7.97. The van der Waals surface area contributed by atoms with Gasteiger partial charge in [0, 0.05) is 42.6 Å². The van der Waals surface area contributed by atoms with Crippen molar-refractivity contribution in [1.29, 1.82) is 0 Å². The van der Waals surface area contributed by atoms with E-state index in [-0.39, 0.29) is 6.10 Å². The average Bonchev–Trinajstić information content (AvgIpc) is 2.61. The predicted octanol–water partition coefficient (Wildman–Crippen LogP) is 3.62. The molecule has 1 N–H and O–H groups in total. The van der Waals surface area contributed by atoms with Gasteiger partial charge in [0.2, 0.25) is 0 Å². The number of rotatable bonds is 5. The van der Waals surface area contributed by atoms with Crippen molar-refractivity contribution in [3.8, 4) is 5.75 Å². The first-order valence-corrected chi connectivity index (χ1v) is 8.73. The highest BCUT2D eigenvalue weighted by molar-refractivity contribution is 6.31. The quantitative estimate of drug-likeness (QED) is 0.898. The molecule has 3 rings (SSSR count). The van der Waals surface area contributed by atoms with Crippen LogP contribution >= 0.6 is 11.6 Å². The number of β-amino-alcohol motifs (C(OH)–C–C–N with tert-alkyl or cyclic N) is 1. The number of aliphatic hydroxyl groups excluding tert-OH is 1. The van der Waals surface area contributed by atoms with Crippen LogP contribution in [0.2, 0.25) is 5.02 Å². The molecule has 2 heterocycles. The van der Waals surface area contributed by atoms with Gasteiger partial charge in [-0.05, 0) is 43.5 Å². The molecule has 1 fully saturated rings. The summed E-state index contributed by atoms with van der Waals surface area (Å²) in [5.74, 6) is 0.833. The van der Waals surface area contributed by atoms with Crippen molar-refractivity contribution < 1.29 is 9.84 Å². The first-order valence-electron chi connectivity index (χ1n) is 8.35. The van der Waals surface area contributed by atoms with E-state index in [1.54, 1.807) is 12.4 Å². The lowest BCUT2D eigenvalue weighted by Crippen LogP contribution is -2.40. The molecule has 24 heavy (non-hydrogen) atoms. The van der Waals surface area contributed by atoms with Gasteiger partial charge in [-0.3, -0.25) is 4.98 Å². The van der Waals surface area contributed by atoms with Crippen LogP contribution in [-0.4, -0.2) is 40.7 Å². The third kappa shape index (κ3) is 4.47. The first-order chi connectivity index (χ1) is 11.6. The summed E-state index contributed by atoms with van der Waals surface area (Å²) in [6.45, 7) is 4.45. The van der Waals surface area contributed by atoms with Crippen molar-refractivity contribution >= 4 is 11.6 Å². The maximum absolute atomic E-state index is 10.3. The van der Waals surface area contributed by atoms with Crippen molar-refractivity contribution in [1.82, 2.24) is 9.88 Å². The third-order valence-corrected chi connectivity index (χ3v) is 4.89. The fourth-order valence-electron chi connectivity index (χ4n) is 2.97. The van der Waals surface area contributed by atoms with E-state index in [1.165, 1.54) is 0 Å². The maximum Gasteiger partial charge on any atom is 0.121 e. The zero-order valence-corrected chi connectivity index (χ0v) is 14.6. The van der Waals surface area contributed by atoms with Gasteiger partial charge in [-0.2, -0.15) is 0 Å². The zero-order chi connectivity index (χ0) is 16.9. The summed E-state index contributed by atoms with van der Waals surface area (Å²) in [6, 6.07) is 9.60. The van der Waals surface area contributed by atoms with Crippen molar-refractivity contribution in [3.05, 3.63) is 58.9 Å². The number of aliphatic hydroxyl groups is 1. The third-order valence-electron chi connectivity index (χ3n) is 4.48. The van der Waals surface area contributed by atoms with Crippen molar-refractivity contribution in [2.75, 3.05) is 19.6 Å². The van der Waals surface area contributed by atoms with Gasteiger partial charge in [0.15, 0.2) is 0 Å². The van der Waals surface area contributed by atoms with Crippen molar-refractivity contribution in [2.45, 2.75) is 32.0 Å². The summed E-state index contributed by atoms with van der Waals surface area (Å²) >= 11 is 6.15. The van der Waals surface area contributed by atoms with E-state index in [9.17, 15) is 5.11 Å². The number of ether oxygens (including phenoxy) is 1. The fourth-order valence-corrected chi connectivity index (χ4v) is 3.14. The van der Waals surface area contributed by atoms with Crippen LogP contribution in [0.15, 0.2) is 42.7 Å². The second-order valence-corrected chi connectivity index (χ2v) is 6.74. The van der Waals surface area contributed by atoms with Crippen LogP contribution in [-0.2, 0) is 0 Å². The molecule has 1 atom stereocenters. The average molecular weight is 347 g/mol. The van der Waals surface area contributed by atoms with E-state index in [1.807, 2.05) is 37.3 Å². The molecule has 5 heteroatoms. The van der Waals surface area contributed by atoms with Crippen LogP contribution in [0.3, 0.4) is 0 Å². The molecular weight excluding hydrogens is 324 g/mol. The first kappa shape index (κ1) is 17.2. The van der Waals surface area contributed by atoms with Crippen LogP contribution in [0.25, 0.3) is 0 Å². The second-order valence-electron chi connectivity index (χ2n) is 6.33. The summed E-state index contributed by atoms with van der Waals surface area (Å²) in [6.07, 6.45) is 5.05. The Morgan fingerprint density at radius 2 is 2.12 bits per heavy atom. The van der Waals surface area contributed by atoms with Crippen LogP contribution in [0.5, 0.6) is 5.75 Å². The fraction of sp³-hybridized carbons (Fsp3) is 0.421. The number of hydrogen-bond acceptors (Lipinski definition) is 4. The Labute approximate surface area is 148 Å². The smallest absolute Gasteiger partial charge is 0.121 e. The minimum atomic E-state index is -0.493. The molecule has 0 saturated carbocycles. The lowest BCUT2D eigenvalue weighted by Gasteiger charge is -2.33. The van der Waals surface area contributed by atoms with Gasteiger partial charge in [-0.25, -0.2) is 0 Å². The van der Waals surface area contributed by atoms with Crippen LogP contribution in [0.4, 0.5) is 0 Å². The number of aromatic nitrogens is 1. The number of hydrogen-bond donors (Lipinski definition) is 1. The molecule has 4 nitrogen and oxygen atoms in total. The van der Waals surface area contributed by atoms with Crippen molar-refractivity contribution in [2.24, 2.45) is 0 Å². The lowest BCUT2D eigenvalue weighted by molar-refractivity contribution is 0.0609. The van der Waals surface area contributed by atoms with Crippen molar-refractivity contribution in [3.63, 3.8) is 0 Å². The Bertz CT molecular complexity index is 658. The largest absolute Gasteiger partial charge is 0.490 e. The SMILES string of the molecule is Cc1ccc(OC2CCN(CC(O)c3cccnc3)CC2)cc1Cl. The van der Waals surface area contributed by atoms with Gasteiger partial charge >= 0.3 is 0 Å². The predicted molar refractivity (Wildman–Crippen MR) is 95.5 cm³/mol.